The van der Waals surface area contributed by atoms with Gasteiger partial charge in [-0.25, -0.2) is 18.6 Å². The van der Waals surface area contributed by atoms with Crippen molar-refractivity contribution in [2.75, 3.05) is 36.6 Å². The van der Waals surface area contributed by atoms with Gasteiger partial charge in [0.15, 0.2) is 5.82 Å². The lowest BCUT2D eigenvalue weighted by Crippen LogP contribution is -2.26. The molecule has 0 spiro atoms. The largest absolute Gasteiger partial charge is 0.469 e. The highest BCUT2D eigenvalue weighted by Gasteiger charge is 2.26. The van der Waals surface area contributed by atoms with Crippen molar-refractivity contribution in [1.82, 2.24) is 4.98 Å². The van der Waals surface area contributed by atoms with Crippen LogP contribution in [0.15, 0.2) is 48.7 Å². The second-order valence-electron chi connectivity index (χ2n) is 9.33. The number of rotatable bonds is 16. The topological polar surface area (TPSA) is 140 Å². The molecule has 10 nitrogen and oxygen atoms in total. The number of ketones is 1. The van der Waals surface area contributed by atoms with Crippen molar-refractivity contribution >= 4 is 46.9 Å². The SMILES string of the molecule is CCCC(Nc1ncc(-c2ccc(C(=O)OCCC(=O)OC)cc2)cc1C(=N)C(=O)c1ccc(F)c(NSC)c1F)OCC. The molecule has 44 heavy (non-hydrogen) atoms. The molecule has 1 unspecified atom stereocenters. The van der Waals surface area contributed by atoms with Gasteiger partial charge in [0.1, 0.15) is 35.9 Å². The zero-order valence-corrected chi connectivity index (χ0v) is 25.6. The van der Waals surface area contributed by atoms with Crippen LogP contribution in [0, 0.1) is 17.0 Å². The minimum absolute atomic E-state index is 0.0700. The monoisotopic (exact) mass is 628 g/mol. The highest BCUT2D eigenvalue weighted by Crippen LogP contribution is 2.29. The number of carbonyl (C=O) groups excluding carboxylic acids is 3. The average Bonchev–Trinajstić information content (AvgIpc) is 3.02. The first-order chi connectivity index (χ1) is 21.1. The summed E-state index contributed by atoms with van der Waals surface area (Å²) in [5, 5.41) is 11.9. The molecule has 1 heterocycles. The number of ether oxygens (including phenoxy) is 3. The molecule has 0 amide bonds. The molecule has 0 saturated heterocycles. The molecule has 3 aromatic rings. The Kier molecular flexibility index (Phi) is 12.8. The quantitative estimate of drug-likeness (QED) is 0.0547. The number of pyridine rings is 1. The van der Waals surface area contributed by atoms with Crippen molar-refractivity contribution in [2.24, 2.45) is 0 Å². The molecule has 0 fully saturated rings. The molecule has 13 heteroatoms. The molecule has 3 rings (SSSR count). The molecule has 0 aliphatic rings. The van der Waals surface area contributed by atoms with E-state index < -0.39 is 52.5 Å². The van der Waals surface area contributed by atoms with Gasteiger partial charge in [-0.2, -0.15) is 0 Å². The van der Waals surface area contributed by atoms with Crippen LogP contribution in [-0.4, -0.2) is 61.2 Å². The molecular formula is C31H34F2N4O6S. The Hall–Kier alpha value is -4.36. The third-order valence-electron chi connectivity index (χ3n) is 6.36. The van der Waals surface area contributed by atoms with E-state index in [2.05, 4.69) is 19.8 Å². The van der Waals surface area contributed by atoms with Crippen molar-refractivity contribution in [3.63, 3.8) is 0 Å². The summed E-state index contributed by atoms with van der Waals surface area (Å²) in [6, 6.07) is 9.84. The second kappa shape index (κ2) is 16.5. The summed E-state index contributed by atoms with van der Waals surface area (Å²) in [6.45, 7) is 4.09. The number of halogens is 2. The number of Topliss-reactive ketones (excluding diaryl/α,β-unsaturated/α-hetero) is 1. The Bertz CT molecular complexity index is 1500. The molecule has 0 radical (unpaired) electrons. The van der Waals surface area contributed by atoms with Crippen LogP contribution < -0.4 is 10.0 Å². The standard InChI is InChI=1S/C31H34F2N4O6S/c1-5-7-24(42-6-2)36-30-22(27(34)29(39)21-12-13-23(32)28(26(21)33)37-44-4)16-20(17-35-30)18-8-10-19(11-9-18)31(40)43-15-14-25(38)41-3/h8-13,16-17,24,34,37H,5-7,14-15H2,1-4H3,(H,35,36). The van der Waals surface area contributed by atoms with Gasteiger partial charge in [0, 0.05) is 30.2 Å². The summed E-state index contributed by atoms with van der Waals surface area (Å²) < 4.78 is 47.3. The first-order valence-corrected chi connectivity index (χ1v) is 15.0. The Labute approximate surface area is 258 Å². The number of hydrogen-bond acceptors (Lipinski definition) is 11. The normalized spacial score (nSPS) is 11.4. The van der Waals surface area contributed by atoms with Gasteiger partial charge in [-0.15, -0.1) is 0 Å². The number of carbonyl (C=O) groups is 3. The van der Waals surface area contributed by atoms with Crippen LogP contribution >= 0.6 is 11.9 Å². The van der Waals surface area contributed by atoms with E-state index in [0.717, 1.165) is 30.5 Å². The molecule has 2 aromatic carbocycles. The first kappa shape index (κ1) is 34.1. The number of esters is 2. The number of aromatic nitrogens is 1. The number of hydrogen-bond donors (Lipinski definition) is 3. The lowest BCUT2D eigenvalue weighted by atomic mass is 9.97. The minimum Gasteiger partial charge on any atom is -0.469 e. The van der Waals surface area contributed by atoms with Gasteiger partial charge < -0.3 is 24.2 Å². The van der Waals surface area contributed by atoms with Crippen LogP contribution in [0.2, 0.25) is 0 Å². The predicted molar refractivity (Wildman–Crippen MR) is 165 cm³/mol. The van der Waals surface area contributed by atoms with E-state index in [4.69, 9.17) is 14.9 Å². The van der Waals surface area contributed by atoms with Gasteiger partial charge in [0.2, 0.25) is 5.78 Å². The van der Waals surface area contributed by atoms with Gasteiger partial charge in [-0.3, -0.25) is 15.0 Å². The summed E-state index contributed by atoms with van der Waals surface area (Å²) in [5.41, 5.74) is -0.109. The lowest BCUT2D eigenvalue weighted by molar-refractivity contribution is -0.141. The Morgan fingerprint density at radius 1 is 1.05 bits per heavy atom. The predicted octanol–water partition coefficient (Wildman–Crippen LogP) is 6.26. The molecule has 0 aliphatic carbocycles. The number of anilines is 2. The molecule has 0 aliphatic heterocycles. The molecule has 3 N–H and O–H groups in total. The van der Waals surface area contributed by atoms with Gasteiger partial charge in [0.05, 0.1) is 24.7 Å². The van der Waals surface area contributed by atoms with Crippen molar-refractivity contribution in [2.45, 2.75) is 39.3 Å². The fourth-order valence-electron chi connectivity index (χ4n) is 4.13. The Morgan fingerprint density at radius 2 is 1.77 bits per heavy atom. The first-order valence-electron chi connectivity index (χ1n) is 13.8. The zero-order chi connectivity index (χ0) is 32.2. The zero-order valence-electron chi connectivity index (χ0n) is 24.8. The van der Waals surface area contributed by atoms with Crippen LogP contribution in [0.5, 0.6) is 0 Å². The van der Waals surface area contributed by atoms with E-state index in [1.54, 1.807) is 24.5 Å². The maximum atomic E-state index is 15.2. The van der Waals surface area contributed by atoms with Crippen molar-refractivity contribution in [3.8, 4) is 11.1 Å². The van der Waals surface area contributed by atoms with Crippen LogP contribution in [0.1, 0.15) is 59.4 Å². The fourth-order valence-corrected chi connectivity index (χ4v) is 4.52. The fraction of sp³-hybridized carbons (Fsp3) is 0.323. The van der Waals surface area contributed by atoms with Crippen molar-refractivity contribution in [3.05, 3.63) is 77.0 Å². The summed E-state index contributed by atoms with van der Waals surface area (Å²) in [7, 11) is 1.24. The summed E-state index contributed by atoms with van der Waals surface area (Å²) >= 11 is 0.958. The van der Waals surface area contributed by atoms with Gasteiger partial charge in [-0.05, 0) is 49.2 Å². The van der Waals surface area contributed by atoms with E-state index in [0.29, 0.717) is 24.2 Å². The third-order valence-corrected chi connectivity index (χ3v) is 6.77. The highest BCUT2D eigenvalue weighted by atomic mass is 32.2. The molecule has 234 valence electrons. The minimum atomic E-state index is -1.11. The summed E-state index contributed by atoms with van der Waals surface area (Å²) in [5.74, 6) is -3.90. The Balaban J connectivity index is 1.98. The van der Waals surface area contributed by atoms with E-state index in [1.165, 1.54) is 25.4 Å². The summed E-state index contributed by atoms with van der Waals surface area (Å²) in [6.07, 6.45) is 3.97. The van der Waals surface area contributed by atoms with Crippen LogP contribution in [0.4, 0.5) is 20.3 Å². The number of benzene rings is 2. The molecule has 1 atom stereocenters. The van der Waals surface area contributed by atoms with E-state index in [-0.39, 0.29) is 30.0 Å². The molecule has 1 aromatic heterocycles. The van der Waals surface area contributed by atoms with Gasteiger partial charge in [-0.1, -0.05) is 37.4 Å². The summed E-state index contributed by atoms with van der Waals surface area (Å²) in [4.78, 5) is 41.5. The van der Waals surface area contributed by atoms with E-state index in [1.807, 2.05) is 13.8 Å². The maximum Gasteiger partial charge on any atom is 0.338 e. The van der Waals surface area contributed by atoms with Crippen LogP contribution in [0.3, 0.4) is 0 Å². The molecular weight excluding hydrogens is 594 g/mol. The molecule has 0 bridgehead atoms. The second-order valence-corrected chi connectivity index (χ2v) is 9.94. The van der Waals surface area contributed by atoms with Crippen LogP contribution in [-0.2, 0) is 19.0 Å². The van der Waals surface area contributed by atoms with Crippen LogP contribution in [0.25, 0.3) is 11.1 Å². The number of nitrogens with zero attached hydrogens (tertiary/aromatic N) is 1. The molecule has 0 saturated carbocycles. The smallest absolute Gasteiger partial charge is 0.338 e. The van der Waals surface area contributed by atoms with E-state index >= 15 is 4.39 Å². The highest BCUT2D eigenvalue weighted by molar-refractivity contribution is 7.99. The Morgan fingerprint density at radius 3 is 2.41 bits per heavy atom. The van der Waals surface area contributed by atoms with Gasteiger partial charge in [0.25, 0.3) is 0 Å². The van der Waals surface area contributed by atoms with Gasteiger partial charge >= 0.3 is 11.9 Å². The maximum absolute atomic E-state index is 15.2. The lowest BCUT2D eigenvalue weighted by Gasteiger charge is -2.21. The number of nitrogens with one attached hydrogen (secondary N) is 3. The number of methoxy groups -OCH3 is 1. The average molecular weight is 629 g/mol. The van der Waals surface area contributed by atoms with Crippen molar-refractivity contribution < 1.29 is 37.4 Å². The van der Waals surface area contributed by atoms with E-state index in [9.17, 15) is 18.8 Å². The third kappa shape index (κ3) is 8.60. The van der Waals surface area contributed by atoms with Crippen molar-refractivity contribution in [1.29, 1.82) is 5.41 Å².